The van der Waals surface area contributed by atoms with Crippen molar-refractivity contribution in [1.82, 2.24) is 4.98 Å². The SMILES string of the molecule is COc1ccc2oc(-c3ccc(NC(=O)c4ccccn4)cc3)cc(=O)c2c1. The van der Waals surface area contributed by atoms with Crippen LogP contribution >= 0.6 is 0 Å². The van der Waals surface area contributed by atoms with Crippen LogP contribution in [0.4, 0.5) is 5.69 Å². The second-order valence-electron chi connectivity index (χ2n) is 6.08. The third kappa shape index (κ3) is 3.48. The summed E-state index contributed by atoms with van der Waals surface area (Å²) in [6.07, 6.45) is 1.56. The zero-order valence-electron chi connectivity index (χ0n) is 15.0. The Morgan fingerprint density at radius 3 is 2.57 bits per heavy atom. The highest BCUT2D eigenvalue weighted by molar-refractivity contribution is 6.02. The number of pyridine rings is 1. The first kappa shape index (κ1) is 17.5. The largest absolute Gasteiger partial charge is 0.497 e. The molecule has 6 heteroatoms. The zero-order valence-corrected chi connectivity index (χ0v) is 15.0. The fourth-order valence-electron chi connectivity index (χ4n) is 2.81. The van der Waals surface area contributed by atoms with E-state index in [0.29, 0.717) is 33.9 Å². The van der Waals surface area contributed by atoms with Crippen LogP contribution in [0.3, 0.4) is 0 Å². The van der Waals surface area contributed by atoms with E-state index in [1.165, 1.54) is 6.07 Å². The van der Waals surface area contributed by atoms with E-state index in [2.05, 4.69) is 10.3 Å². The third-order valence-corrected chi connectivity index (χ3v) is 4.26. The molecule has 0 aliphatic heterocycles. The van der Waals surface area contributed by atoms with E-state index in [4.69, 9.17) is 9.15 Å². The first-order valence-electron chi connectivity index (χ1n) is 8.59. The van der Waals surface area contributed by atoms with Crippen molar-refractivity contribution in [3.63, 3.8) is 0 Å². The van der Waals surface area contributed by atoms with E-state index < -0.39 is 0 Å². The molecular formula is C22H16N2O4. The number of rotatable bonds is 4. The molecule has 0 unspecified atom stereocenters. The van der Waals surface area contributed by atoms with Crippen LogP contribution in [0.5, 0.6) is 5.75 Å². The van der Waals surface area contributed by atoms with Crippen molar-refractivity contribution in [1.29, 1.82) is 0 Å². The molecule has 0 saturated heterocycles. The minimum atomic E-state index is -0.292. The van der Waals surface area contributed by atoms with Crippen LogP contribution in [0.25, 0.3) is 22.3 Å². The van der Waals surface area contributed by atoms with E-state index >= 15 is 0 Å². The van der Waals surface area contributed by atoms with Crippen molar-refractivity contribution in [3.8, 4) is 17.1 Å². The molecule has 0 bridgehead atoms. The molecule has 1 N–H and O–H groups in total. The number of fused-ring (bicyclic) bond motifs is 1. The zero-order chi connectivity index (χ0) is 19.5. The molecule has 1 amide bonds. The molecule has 0 aliphatic rings. The first-order chi connectivity index (χ1) is 13.6. The van der Waals surface area contributed by atoms with Gasteiger partial charge in [0.1, 0.15) is 22.8 Å². The van der Waals surface area contributed by atoms with E-state index in [-0.39, 0.29) is 11.3 Å². The van der Waals surface area contributed by atoms with Crippen LogP contribution in [0.15, 0.2) is 82.1 Å². The Balaban J connectivity index is 1.60. The molecule has 0 aliphatic carbocycles. The Kier molecular flexibility index (Phi) is 4.60. The molecule has 2 aromatic carbocycles. The van der Waals surface area contributed by atoms with Gasteiger partial charge >= 0.3 is 0 Å². The average Bonchev–Trinajstić information content (AvgIpc) is 2.74. The van der Waals surface area contributed by atoms with Crippen LogP contribution in [-0.2, 0) is 0 Å². The minimum absolute atomic E-state index is 0.150. The maximum Gasteiger partial charge on any atom is 0.274 e. The van der Waals surface area contributed by atoms with Gasteiger partial charge in [-0.05, 0) is 54.6 Å². The van der Waals surface area contributed by atoms with E-state index in [0.717, 1.165) is 5.56 Å². The van der Waals surface area contributed by atoms with Crippen molar-refractivity contribution in [2.24, 2.45) is 0 Å². The summed E-state index contributed by atoms with van der Waals surface area (Å²) in [5, 5.41) is 3.24. The van der Waals surface area contributed by atoms with Crippen LogP contribution in [0.2, 0.25) is 0 Å². The number of methoxy groups -OCH3 is 1. The van der Waals surface area contributed by atoms with Gasteiger partial charge in [-0.1, -0.05) is 6.07 Å². The Hall–Kier alpha value is -3.93. The molecule has 0 fully saturated rings. The van der Waals surface area contributed by atoms with Gasteiger partial charge in [0.15, 0.2) is 5.43 Å². The van der Waals surface area contributed by atoms with Crippen LogP contribution in [-0.4, -0.2) is 18.0 Å². The fourth-order valence-corrected chi connectivity index (χ4v) is 2.81. The smallest absolute Gasteiger partial charge is 0.274 e. The highest BCUT2D eigenvalue weighted by atomic mass is 16.5. The van der Waals surface area contributed by atoms with Crippen molar-refractivity contribution in [2.45, 2.75) is 0 Å². The molecule has 0 radical (unpaired) electrons. The highest BCUT2D eigenvalue weighted by Gasteiger charge is 2.10. The maximum absolute atomic E-state index is 12.4. The lowest BCUT2D eigenvalue weighted by Gasteiger charge is -2.07. The number of amides is 1. The summed E-state index contributed by atoms with van der Waals surface area (Å²) in [5.41, 5.74) is 2.01. The van der Waals surface area contributed by atoms with Gasteiger partial charge in [-0.15, -0.1) is 0 Å². The Morgan fingerprint density at radius 1 is 1.04 bits per heavy atom. The van der Waals surface area contributed by atoms with Crippen molar-refractivity contribution >= 4 is 22.6 Å². The van der Waals surface area contributed by atoms with Gasteiger partial charge in [0.2, 0.25) is 0 Å². The lowest BCUT2D eigenvalue weighted by atomic mass is 10.1. The number of aromatic nitrogens is 1. The van der Waals surface area contributed by atoms with Crippen molar-refractivity contribution in [3.05, 3.63) is 88.8 Å². The van der Waals surface area contributed by atoms with E-state index in [9.17, 15) is 9.59 Å². The molecule has 4 aromatic rings. The number of anilines is 1. The van der Waals surface area contributed by atoms with E-state index in [1.54, 1.807) is 74.0 Å². The summed E-state index contributed by atoms with van der Waals surface area (Å²) >= 11 is 0. The molecule has 0 saturated carbocycles. The average molecular weight is 372 g/mol. The predicted octanol–water partition coefficient (Wildman–Crippen LogP) is 4.12. The van der Waals surface area contributed by atoms with Crippen molar-refractivity contribution < 1.29 is 13.9 Å². The molecule has 28 heavy (non-hydrogen) atoms. The molecule has 2 aromatic heterocycles. The Bertz CT molecular complexity index is 1200. The minimum Gasteiger partial charge on any atom is -0.497 e. The number of carbonyl (C=O) groups excluding carboxylic acids is 1. The molecule has 138 valence electrons. The van der Waals surface area contributed by atoms with Gasteiger partial charge in [-0.2, -0.15) is 0 Å². The second-order valence-corrected chi connectivity index (χ2v) is 6.08. The van der Waals surface area contributed by atoms with Gasteiger partial charge in [0.25, 0.3) is 5.91 Å². The first-order valence-corrected chi connectivity index (χ1v) is 8.59. The number of nitrogens with one attached hydrogen (secondary N) is 1. The molecule has 4 rings (SSSR count). The number of hydrogen-bond donors (Lipinski definition) is 1. The third-order valence-electron chi connectivity index (χ3n) is 4.26. The van der Waals surface area contributed by atoms with Crippen LogP contribution in [0, 0.1) is 0 Å². The predicted molar refractivity (Wildman–Crippen MR) is 107 cm³/mol. The van der Waals surface area contributed by atoms with Gasteiger partial charge in [-0.3, -0.25) is 14.6 Å². The number of hydrogen-bond acceptors (Lipinski definition) is 5. The summed E-state index contributed by atoms with van der Waals surface area (Å²) in [4.78, 5) is 28.6. The highest BCUT2D eigenvalue weighted by Crippen LogP contribution is 2.25. The number of nitrogens with zero attached hydrogens (tertiary/aromatic N) is 1. The number of ether oxygens (including phenoxy) is 1. The molecule has 0 spiro atoms. The van der Waals surface area contributed by atoms with E-state index in [1.807, 2.05) is 0 Å². The number of carbonyl (C=O) groups is 1. The molecular weight excluding hydrogens is 356 g/mol. The van der Waals surface area contributed by atoms with Crippen LogP contribution in [0.1, 0.15) is 10.5 Å². The maximum atomic E-state index is 12.4. The van der Waals surface area contributed by atoms with Gasteiger partial charge in [0.05, 0.1) is 12.5 Å². The normalized spacial score (nSPS) is 10.6. The summed E-state index contributed by atoms with van der Waals surface area (Å²) < 4.78 is 11.0. The topological polar surface area (TPSA) is 81.4 Å². The molecule has 2 heterocycles. The quantitative estimate of drug-likeness (QED) is 0.583. The summed E-state index contributed by atoms with van der Waals surface area (Å²) in [6.45, 7) is 0. The monoisotopic (exact) mass is 372 g/mol. The molecule has 6 nitrogen and oxygen atoms in total. The second kappa shape index (κ2) is 7.36. The summed E-state index contributed by atoms with van der Waals surface area (Å²) in [7, 11) is 1.55. The molecule has 0 atom stereocenters. The number of benzene rings is 2. The Labute approximate surface area is 160 Å². The van der Waals surface area contributed by atoms with Gasteiger partial charge in [0, 0.05) is 23.5 Å². The fraction of sp³-hybridized carbons (Fsp3) is 0.0455. The Morgan fingerprint density at radius 2 is 1.86 bits per heavy atom. The van der Waals surface area contributed by atoms with Crippen LogP contribution < -0.4 is 15.5 Å². The summed E-state index contributed by atoms with van der Waals surface area (Å²) in [5.74, 6) is 0.755. The van der Waals surface area contributed by atoms with Gasteiger partial charge < -0.3 is 14.5 Å². The summed E-state index contributed by atoms with van der Waals surface area (Å²) in [6, 6.07) is 18.7. The van der Waals surface area contributed by atoms with Crippen molar-refractivity contribution in [2.75, 3.05) is 12.4 Å². The lowest BCUT2D eigenvalue weighted by molar-refractivity contribution is 0.102. The standard InChI is InChI=1S/C22H16N2O4/c1-27-16-9-10-20-17(12-16)19(25)13-21(28-20)14-5-7-15(8-6-14)24-22(26)18-4-2-3-11-23-18/h2-13H,1H3,(H,24,26). The lowest BCUT2D eigenvalue weighted by Crippen LogP contribution is -2.13. The van der Waals surface area contributed by atoms with Gasteiger partial charge in [-0.25, -0.2) is 0 Å².